The molecule has 2 nitrogen and oxygen atoms in total. The first-order valence-electron chi connectivity index (χ1n) is 6.95. The van der Waals surface area contributed by atoms with E-state index in [0.29, 0.717) is 6.04 Å². The summed E-state index contributed by atoms with van der Waals surface area (Å²) in [6, 6.07) is 7.33. The Balaban J connectivity index is 2.44. The van der Waals surface area contributed by atoms with E-state index in [4.69, 9.17) is 0 Å². The summed E-state index contributed by atoms with van der Waals surface area (Å²) in [5.41, 5.74) is 1.09. The summed E-state index contributed by atoms with van der Waals surface area (Å²) in [7, 11) is 0. The van der Waals surface area contributed by atoms with Crippen LogP contribution in [0.15, 0.2) is 24.3 Å². The summed E-state index contributed by atoms with van der Waals surface area (Å²) in [5.74, 6) is -0.176. The highest BCUT2D eigenvalue weighted by Gasteiger charge is 2.06. The van der Waals surface area contributed by atoms with E-state index < -0.39 is 0 Å². The fourth-order valence-corrected chi connectivity index (χ4v) is 2.10. The maximum atomic E-state index is 12.9. The van der Waals surface area contributed by atoms with Crippen LogP contribution in [0.1, 0.15) is 33.6 Å². The van der Waals surface area contributed by atoms with Gasteiger partial charge in [0.2, 0.25) is 0 Å². The monoisotopic (exact) mass is 252 g/mol. The zero-order valence-corrected chi connectivity index (χ0v) is 11.7. The first-order valence-corrected chi connectivity index (χ1v) is 6.95. The van der Waals surface area contributed by atoms with E-state index >= 15 is 0 Å². The van der Waals surface area contributed by atoms with Crippen LogP contribution < -0.4 is 10.2 Å². The third-order valence-corrected chi connectivity index (χ3v) is 3.37. The molecule has 0 saturated carbocycles. The molecule has 0 radical (unpaired) electrons. The number of benzene rings is 1. The third-order valence-electron chi connectivity index (χ3n) is 3.37. The fraction of sp³-hybridized carbons (Fsp3) is 0.600. The van der Waals surface area contributed by atoms with E-state index in [0.717, 1.165) is 25.3 Å². The fourth-order valence-electron chi connectivity index (χ4n) is 2.10. The Labute approximate surface area is 110 Å². The minimum absolute atomic E-state index is 0.176. The molecule has 0 aliphatic rings. The van der Waals surface area contributed by atoms with Gasteiger partial charge >= 0.3 is 0 Å². The molecule has 0 amide bonds. The van der Waals surface area contributed by atoms with Gasteiger partial charge in [0.25, 0.3) is 0 Å². The van der Waals surface area contributed by atoms with Gasteiger partial charge in [-0.2, -0.15) is 0 Å². The molecule has 1 N–H and O–H groups in total. The number of likely N-dealkylation sites (N-methyl/N-ethyl adjacent to an activating group) is 1. The van der Waals surface area contributed by atoms with Gasteiger partial charge in [0.15, 0.2) is 0 Å². The number of rotatable bonds is 8. The highest BCUT2D eigenvalue weighted by atomic mass is 19.1. The number of hydrogen-bond acceptors (Lipinski definition) is 2. The van der Waals surface area contributed by atoms with Crippen molar-refractivity contribution in [3.63, 3.8) is 0 Å². The quantitative estimate of drug-likeness (QED) is 0.762. The lowest BCUT2D eigenvalue weighted by Crippen LogP contribution is -2.36. The maximum Gasteiger partial charge on any atom is 0.123 e. The van der Waals surface area contributed by atoms with Crippen LogP contribution in [0.4, 0.5) is 10.1 Å². The van der Waals surface area contributed by atoms with Crippen LogP contribution in [-0.4, -0.2) is 25.7 Å². The first kappa shape index (κ1) is 15.0. The summed E-state index contributed by atoms with van der Waals surface area (Å²) in [6.45, 7) is 9.41. The molecule has 0 bridgehead atoms. The lowest BCUT2D eigenvalue weighted by atomic mass is 10.2. The minimum atomic E-state index is -0.176. The van der Waals surface area contributed by atoms with Crippen LogP contribution in [0.3, 0.4) is 0 Å². The van der Waals surface area contributed by atoms with E-state index in [9.17, 15) is 4.39 Å². The van der Waals surface area contributed by atoms with Crippen LogP contribution in [0, 0.1) is 5.82 Å². The smallest absolute Gasteiger partial charge is 0.123 e. The van der Waals surface area contributed by atoms with Crippen LogP contribution in [0.25, 0.3) is 0 Å². The molecule has 0 aliphatic heterocycles. The van der Waals surface area contributed by atoms with Crippen molar-refractivity contribution in [3.05, 3.63) is 30.1 Å². The van der Waals surface area contributed by atoms with Gasteiger partial charge in [-0.1, -0.05) is 13.8 Å². The van der Waals surface area contributed by atoms with E-state index in [1.165, 1.54) is 25.0 Å². The SMILES string of the molecule is CCC(CC)NCCN(CC)c1ccc(F)cc1. The van der Waals surface area contributed by atoms with Gasteiger partial charge in [0.05, 0.1) is 0 Å². The molecule has 18 heavy (non-hydrogen) atoms. The van der Waals surface area contributed by atoms with Crippen molar-refractivity contribution in [3.8, 4) is 0 Å². The van der Waals surface area contributed by atoms with Crippen LogP contribution in [0.5, 0.6) is 0 Å². The molecule has 0 heterocycles. The number of anilines is 1. The van der Waals surface area contributed by atoms with Crippen LogP contribution >= 0.6 is 0 Å². The number of nitrogens with zero attached hydrogens (tertiary/aromatic N) is 1. The lowest BCUT2D eigenvalue weighted by Gasteiger charge is -2.24. The molecule has 0 unspecified atom stereocenters. The highest BCUT2D eigenvalue weighted by Crippen LogP contribution is 2.13. The average molecular weight is 252 g/mol. The number of halogens is 1. The van der Waals surface area contributed by atoms with Crippen molar-refractivity contribution in [2.45, 2.75) is 39.7 Å². The molecule has 0 saturated heterocycles. The zero-order chi connectivity index (χ0) is 13.4. The van der Waals surface area contributed by atoms with Crippen molar-refractivity contribution in [2.24, 2.45) is 0 Å². The summed E-state index contributed by atoms with van der Waals surface area (Å²) in [4.78, 5) is 2.26. The van der Waals surface area contributed by atoms with E-state index in [2.05, 4.69) is 31.0 Å². The molecule has 0 aromatic heterocycles. The Hall–Kier alpha value is -1.09. The lowest BCUT2D eigenvalue weighted by molar-refractivity contribution is 0.487. The van der Waals surface area contributed by atoms with E-state index in [1.54, 1.807) is 0 Å². The number of hydrogen-bond donors (Lipinski definition) is 1. The molecule has 1 aromatic rings. The van der Waals surface area contributed by atoms with Crippen molar-refractivity contribution in [1.82, 2.24) is 5.32 Å². The molecule has 1 rings (SSSR count). The Morgan fingerprint density at radius 3 is 2.22 bits per heavy atom. The Morgan fingerprint density at radius 1 is 1.11 bits per heavy atom. The first-order chi connectivity index (χ1) is 8.71. The Kier molecular flexibility index (Phi) is 6.73. The highest BCUT2D eigenvalue weighted by molar-refractivity contribution is 5.46. The van der Waals surface area contributed by atoms with Crippen LogP contribution in [-0.2, 0) is 0 Å². The molecule has 0 aliphatic carbocycles. The normalized spacial score (nSPS) is 10.9. The molecule has 0 spiro atoms. The van der Waals surface area contributed by atoms with Gasteiger partial charge in [-0.25, -0.2) is 4.39 Å². The summed E-state index contributed by atoms with van der Waals surface area (Å²) in [6.07, 6.45) is 2.33. The second-order valence-corrected chi connectivity index (χ2v) is 4.52. The van der Waals surface area contributed by atoms with Crippen molar-refractivity contribution in [2.75, 3.05) is 24.5 Å². The van der Waals surface area contributed by atoms with Gasteiger partial charge in [0.1, 0.15) is 5.82 Å². The number of nitrogens with one attached hydrogen (secondary N) is 1. The van der Waals surface area contributed by atoms with Gasteiger partial charge in [-0.05, 0) is 44.0 Å². The van der Waals surface area contributed by atoms with E-state index in [1.807, 2.05) is 12.1 Å². The van der Waals surface area contributed by atoms with Gasteiger partial charge in [0, 0.05) is 31.4 Å². The second-order valence-electron chi connectivity index (χ2n) is 4.52. The second kappa shape index (κ2) is 8.09. The summed E-state index contributed by atoms with van der Waals surface area (Å²) < 4.78 is 12.9. The van der Waals surface area contributed by atoms with Gasteiger partial charge < -0.3 is 10.2 Å². The molecule has 3 heteroatoms. The maximum absolute atomic E-state index is 12.9. The minimum Gasteiger partial charge on any atom is -0.371 e. The largest absolute Gasteiger partial charge is 0.371 e. The molecule has 1 aromatic carbocycles. The molecular weight excluding hydrogens is 227 g/mol. The topological polar surface area (TPSA) is 15.3 Å². The van der Waals surface area contributed by atoms with Gasteiger partial charge in [-0.15, -0.1) is 0 Å². The van der Waals surface area contributed by atoms with Crippen molar-refractivity contribution in [1.29, 1.82) is 0 Å². The Morgan fingerprint density at radius 2 is 1.72 bits per heavy atom. The predicted molar refractivity (Wildman–Crippen MR) is 76.7 cm³/mol. The molecule has 0 fully saturated rings. The van der Waals surface area contributed by atoms with Gasteiger partial charge in [-0.3, -0.25) is 0 Å². The third kappa shape index (κ3) is 4.65. The Bertz CT molecular complexity index is 320. The summed E-state index contributed by atoms with van der Waals surface area (Å²) in [5, 5.41) is 3.55. The predicted octanol–water partition coefficient (Wildman–Crippen LogP) is 3.43. The van der Waals surface area contributed by atoms with E-state index in [-0.39, 0.29) is 5.82 Å². The molecule has 0 atom stereocenters. The molecular formula is C15H25FN2. The zero-order valence-electron chi connectivity index (χ0n) is 11.7. The standard InChI is InChI=1S/C15H25FN2/c1-4-14(5-2)17-11-12-18(6-3)15-9-7-13(16)8-10-15/h7-10,14,17H,4-6,11-12H2,1-3H3. The average Bonchev–Trinajstić information content (AvgIpc) is 2.41. The van der Waals surface area contributed by atoms with Crippen LogP contribution in [0.2, 0.25) is 0 Å². The molecule has 102 valence electrons. The van der Waals surface area contributed by atoms with Crippen molar-refractivity contribution >= 4 is 5.69 Å². The van der Waals surface area contributed by atoms with Crippen molar-refractivity contribution < 1.29 is 4.39 Å². The summed E-state index contributed by atoms with van der Waals surface area (Å²) >= 11 is 0.